The molecule has 0 heterocycles. The van der Waals surface area contributed by atoms with Gasteiger partial charge in [-0.25, -0.2) is 18.0 Å². The summed E-state index contributed by atoms with van der Waals surface area (Å²) in [6, 6.07) is 27.6. The van der Waals surface area contributed by atoms with Crippen molar-refractivity contribution in [3.05, 3.63) is 109 Å². The maximum Gasteiger partial charge on any atom is 0.323 e. The van der Waals surface area contributed by atoms with Crippen LogP contribution in [0.3, 0.4) is 0 Å². The SMILES string of the molecule is Cc1ccccc1S(=O)(=O)Nc1cc(NC(=O)Nc2ccccc2)ccc1NC(=O)Nc1ccccc1. The van der Waals surface area contributed by atoms with Crippen molar-refractivity contribution in [2.45, 2.75) is 11.8 Å². The molecule has 4 aromatic rings. The van der Waals surface area contributed by atoms with Crippen LogP contribution in [0.15, 0.2) is 108 Å². The van der Waals surface area contributed by atoms with Crippen molar-refractivity contribution in [3.8, 4) is 0 Å². The number of para-hydroxylation sites is 2. The Morgan fingerprint density at radius 1 is 0.568 bits per heavy atom. The summed E-state index contributed by atoms with van der Waals surface area (Å²) in [5, 5.41) is 10.7. The first-order valence-electron chi connectivity index (χ1n) is 11.3. The van der Waals surface area contributed by atoms with E-state index in [2.05, 4.69) is 26.0 Å². The monoisotopic (exact) mass is 515 g/mol. The number of sulfonamides is 1. The Balaban J connectivity index is 1.59. The third-order valence-corrected chi connectivity index (χ3v) is 6.74. The Labute approximate surface area is 215 Å². The van der Waals surface area contributed by atoms with Crippen molar-refractivity contribution in [2.75, 3.05) is 26.0 Å². The maximum atomic E-state index is 13.2. The Hall–Kier alpha value is -4.83. The zero-order chi connectivity index (χ0) is 26.3. The molecule has 4 rings (SSSR count). The zero-order valence-corrected chi connectivity index (χ0v) is 20.7. The summed E-state index contributed by atoms with van der Waals surface area (Å²) in [5.41, 5.74) is 2.30. The van der Waals surface area contributed by atoms with Gasteiger partial charge in [0.2, 0.25) is 0 Å². The molecule has 0 radical (unpaired) electrons. The maximum absolute atomic E-state index is 13.2. The molecule has 0 unspecified atom stereocenters. The van der Waals surface area contributed by atoms with Gasteiger partial charge >= 0.3 is 12.1 Å². The van der Waals surface area contributed by atoms with Crippen molar-refractivity contribution in [1.82, 2.24) is 0 Å². The number of urea groups is 2. The number of rotatable bonds is 7. The van der Waals surface area contributed by atoms with Crippen molar-refractivity contribution < 1.29 is 18.0 Å². The van der Waals surface area contributed by atoms with Gasteiger partial charge in [0, 0.05) is 17.1 Å². The third-order valence-electron chi connectivity index (χ3n) is 5.22. The molecule has 0 spiro atoms. The van der Waals surface area contributed by atoms with E-state index in [4.69, 9.17) is 0 Å². The third kappa shape index (κ3) is 6.86. The summed E-state index contributed by atoms with van der Waals surface area (Å²) in [4.78, 5) is 25.2. The molecule has 0 aliphatic rings. The Morgan fingerprint density at radius 3 is 1.68 bits per heavy atom. The molecule has 0 aromatic heterocycles. The lowest BCUT2D eigenvalue weighted by Gasteiger charge is -2.17. The van der Waals surface area contributed by atoms with Crippen LogP contribution in [0.2, 0.25) is 0 Å². The number of carbonyl (C=O) groups is 2. The van der Waals surface area contributed by atoms with E-state index in [1.54, 1.807) is 79.7 Å². The smallest absolute Gasteiger partial charge is 0.308 e. The Kier molecular flexibility index (Phi) is 7.70. The second-order valence-electron chi connectivity index (χ2n) is 8.02. The number of hydrogen-bond acceptors (Lipinski definition) is 4. The minimum atomic E-state index is -4.00. The lowest BCUT2D eigenvalue weighted by molar-refractivity contribution is 0.261. The molecule has 0 aliphatic heterocycles. The highest BCUT2D eigenvalue weighted by Crippen LogP contribution is 2.29. The molecule has 0 aliphatic carbocycles. The largest absolute Gasteiger partial charge is 0.323 e. The van der Waals surface area contributed by atoms with Crippen LogP contribution in [0.1, 0.15) is 5.56 Å². The molecule has 0 atom stereocenters. The first kappa shape index (κ1) is 25.3. The van der Waals surface area contributed by atoms with Crippen LogP contribution in [0.5, 0.6) is 0 Å². The van der Waals surface area contributed by atoms with E-state index < -0.39 is 22.1 Å². The summed E-state index contributed by atoms with van der Waals surface area (Å²) in [7, 11) is -4.00. The number of amides is 4. The zero-order valence-electron chi connectivity index (χ0n) is 19.9. The molecule has 37 heavy (non-hydrogen) atoms. The van der Waals surface area contributed by atoms with E-state index >= 15 is 0 Å². The van der Waals surface area contributed by atoms with Gasteiger partial charge < -0.3 is 21.3 Å². The average molecular weight is 516 g/mol. The van der Waals surface area contributed by atoms with Gasteiger partial charge in [-0.2, -0.15) is 0 Å². The molecule has 4 amide bonds. The molecule has 5 N–H and O–H groups in total. The second-order valence-corrected chi connectivity index (χ2v) is 9.67. The number of nitrogens with one attached hydrogen (secondary N) is 5. The predicted molar refractivity (Wildman–Crippen MR) is 147 cm³/mol. The molecule has 4 aromatic carbocycles. The minimum absolute atomic E-state index is 0.0731. The lowest BCUT2D eigenvalue weighted by Crippen LogP contribution is -2.22. The van der Waals surface area contributed by atoms with Gasteiger partial charge in [-0.15, -0.1) is 0 Å². The first-order chi connectivity index (χ1) is 17.8. The molecule has 188 valence electrons. The molecule has 0 fully saturated rings. The van der Waals surface area contributed by atoms with Gasteiger partial charge in [0.05, 0.1) is 16.3 Å². The summed E-state index contributed by atoms with van der Waals surface area (Å²) >= 11 is 0. The summed E-state index contributed by atoms with van der Waals surface area (Å²) in [5.74, 6) is 0. The number of benzene rings is 4. The van der Waals surface area contributed by atoms with Crippen molar-refractivity contribution in [2.24, 2.45) is 0 Å². The van der Waals surface area contributed by atoms with E-state index in [0.29, 0.717) is 22.6 Å². The van der Waals surface area contributed by atoms with Gasteiger partial charge in [0.15, 0.2) is 0 Å². The summed E-state index contributed by atoms with van der Waals surface area (Å²) in [6.07, 6.45) is 0. The van der Waals surface area contributed by atoms with Crippen LogP contribution in [-0.2, 0) is 10.0 Å². The van der Waals surface area contributed by atoms with Crippen LogP contribution in [0.4, 0.5) is 38.0 Å². The number of anilines is 5. The first-order valence-corrected chi connectivity index (χ1v) is 12.8. The summed E-state index contributed by atoms with van der Waals surface area (Å²) < 4.78 is 28.9. The molecular weight excluding hydrogens is 490 g/mol. The van der Waals surface area contributed by atoms with E-state index in [0.717, 1.165) is 0 Å². The molecule has 0 saturated heterocycles. The van der Waals surface area contributed by atoms with Gasteiger partial charge in [-0.3, -0.25) is 4.72 Å². The lowest BCUT2D eigenvalue weighted by atomic mass is 10.2. The highest BCUT2D eigenvalue weighted by molar-refractivity contribution is 7.92. The van der Waals surface area contributed by atoms with Crippen LogP contribution in [-0.4, -0.2) is 20.5 Å². The fraction of sp³-hybridized carbons (Fsp3) is 0.0370. The second kappa shape index (κ2) is 11.3. The van der Waals surface area contributed by atoms with Gasteiger partial charge in [0.25, 0.3) is 10.0 Å². The van der Waals surface area contributed by atoms with Crippen molar-refractivity contribution in [3.63, 3.8) is 0 Å². The Morgan fingerprint density at radius 2 is 1.08 bits per heavy atom. The quantitative estimate of drug-likeness (QED) is 0.204. The number of carbonyl (C=O) groups excluding carboxylic acids is 2. The van der Waals surface area contributed by atoms with Crippen LogP contribution >= 0.6 is 0 Å². The number of hydrogen-bond donors (Lipinski definition) is 5. The topological polar surface area (TPSA) is 128 Å². The standard InChI is InChI=1S/C27H25N5O4S/c1-19-10-8-9-15-25(19)37(35,36)32-24-18-22(30-26(33)28-20-11-4-2-5-12-20)16-17-23(24)31-27(34)29-21-13-6-3-7-14-21/h2-18,32H,1H3,(H2,28,30,33)(H2,29,31,34). The highest BCUT2D eigenvalue weighted by atomic mass is 32.2. The van der Waals surface area contributed by atoms with Crippen LogP contribution < -0.4 is 26.0 Å². The molecule has 0 saturated carbocycles. The van der Waals surface area contributed by atoms with E-state index in [1.165, 1.54) is 18.2 Å². The molecular formula is C27H25N5O4S. The molecule has 9 nitrogen and oxygen atoms in total. The minimum Gasteiger partial charge on any atom is -0.308 e. The molecule has 0 bridgehead atoms. The Bertz CT molecular complexity index is 1510. The van der Waals surface area contributed by atoms with Crippen molar-refractivity contribution in [1.29, 1.82) is 0 Å². The predicted octanol–water partition coefficient (Wildman–Crippen LogP) is 6.08. The average Bonchev–Trinajstić information content (AvgIpc) is 2.87. The van der Waals surface area contributed by atoms with E-state index in [-0.39, 0.29) is 16.3 Å². The van der Waals surface area contributed by atoms with Crippen LogP contribution in [0, 0.1) is 6.92 Å². The fourth-order valence-corrected chi connectivity index (χ4v) is 4.81. The summed E-state index contributed by atoms with van der Waals surface area (Å²) in [6.45, 7) is 1.69. The van der Waals surface area contributed by atoms with E-state index in [1.807, 2.05) is 12.1 Å². The normalized spacial score (nSPS) is 10.7. The van der Waals surface area contributed by atoms with Gasteiger partial charge in [-0.05, 0) is 61.0 Å². The van der Waals surface area contributed by atoms with Gasteiger partial charge in [0.1, 0.15) is 0 Å². The molecule has 10 heteroatoms. The highest BCUT2D eigenvalue weighted by Gasteiger charge is 2.19. The van der Waals surface area contributed by atoms with Crippen LogP contribution in [0.25, 0.3) is 0 Å². The van der Waals surface area contributed by atoms with Gasteiger partial charge in [-0.1, -0.05) is 54.6 Å². The number of aryl methyl sites for hydroxylation is 1. The van der Waals surface area contributed by atoms with E-state index in [9.17, 15) is 18.0 Å². The fourth-order valence-electron chi connectivity index (χ4n) is 3.49. The van der Waals surface area contributed by atoms with Crippen molar-refractivity contribution >= 4 is 50.5 Å².